The Bertz CT molecular complexity index is 527. The van der Waals surface area contributed by atoms with E-state index in [1.54, 1.807) is 0 Å². The van der Waals surface area contributed by atoms with Gasteiger partial charge < -0.3 is 15.3 Å². The molecule has 4 nitrogen and oxygen atoms in total. The van der Waals surface area contributed by atoms with Gasteiger partial charge in [-0.2, -0.15) is 0 Å². The van der Waals surface area contributed by atoms with Gasteiger partial charge in [0.15, 0.2) is 0 Å². The van der Waals surface area contributed by atoms with Crippen LogP contribution >= 0.6 is 0 Å². The van der Waals surface area contributed by atoms with Gasteiger partial charge in [0.2, 0.25) is 5.91 Å². The van der Waals surface area contributed by atoms with Crippen LogP contribution in [0.25, 0.3) is 0 Å². The molecule has 2 heterocycles. The highest BCUT2D eigenvalue weighted by Gasteiger charge is 2.30. The van der Waals surface area contributed by atoms with E-state index in [0.29, 0.717) is 19.4 Å². The van der Waals surface area contributed by atoms with Crippen LogP contribution in [0.2, 0.25) is 0 Å². The van der Waals surface area contributed by atoms with Gasteiger partial charge in [-0.25, -0.2) is 0 Å². The molecule has 2 atom stereocenters. The Hall–Kier alpha value is -1.55. The summed E-state index contributed by atoms with van der Waals surface area (Å²) in [6, 6.07) is 8.24. The van der Waals surface area contributed by atoms with Gasteiger partial charge in [-0.3, -0.25) is 4.79 Å². The summed E-state index contributed by atoms with van der Waals surface area (Å²) in [5, 5.41) is 13.5. The molecule has 2 aliphatic rings. The fraction of sp³-hybridized carbons (Fsp3) is 0.588. The van der Waals surface area contributed by atoms with Crippen molar-refractivity contribution in [1.82, 2.24) is 4.90 Å². The fourth-order valence-corrected chi connectivity index (χ4v) is 3.39. The van der Waals surface area contributed by atoms with Crippen LogP contribution in [0.4, 0.5) is 5.69 Å². The highest BCUT2D eigenvalue weighted by atomic mass is 16.3. The summed E-state index contributed by atoms with van der Waals surface area (Å²) in [6.45, 7) is 4.17. The van der Waals surface area contributed by atoms with E-state index in [1.807, 2.05) is 24.0 Å². The molecule has 114 valence electrons. The number of likely N-dealkylation sites (tertiary alicyclic amines) is 1. The summed E-state index contributed by atoms with van der Waals surface area (Å²) in [4.78, 5) is 14.5. The number of benzene rings is 1. The first-order chi connectivity index (χ1) is 10.1. The van der Waals surface area contributed by atoms with Crippen LogP contribution < -0.4 is 5.32 Å². The van der Waals surface area contributed by atoms with Crippen LogP contribution in [0.15, 0.2) is 24.3 Å². The highest BCUT2D eigenvalue weighted by molar-refractivity contribution is 5.78. The monoisotopic (exact) mass is 288 g/mol. The van der Waals surface area contributed by atoms with E-state index in [9.17, 15) is 9.90 Å². The van der Waals surface area contributed by atoms with Crippen LogP contribution in [0.5, 0.6) is 0 Å². The summed E-state index contributed by atoms with van der Waals surface area (Å²) in [6.07, 6.45) is 2.91. The number of rotatable bonds is 2. The van der Waals surface area contributed by atoms with Gasteiger partial charge in [0.25, 0.3) is 0 Å². The second-order valence-electron chi connectivity index (χ2n) is 6.60. The molecule has 4 heteroatoms. The lowest BCUT2D eigenvalue weighted by molar-refractivity contribution is -0.131. The summed E-state index contributed by atoms with van der Waals surface area (Å²) >= 11 is 0. The number of hydrogen-bond acceptors (Lipinski definition) is 3. The molecule has 0 aliphatic carbocycles. The molecule has 1 fully saturated rings. The maximum atomic E-state index is 12.5. The predicted molar refractivity (Wildman–Crippen MR) is 83.3 cm³/mol. The van der Waals surface area contributed by atoms with Crippen molar-refractivity contribution >= 4 is 11.6 Å². The average Bonchev–Trinajstić information content (AvgIpc) is 2.76. The van der Waals surface area contributed by atoms with E-state index in [1.165, 1.54) is 5.56 Å². The molecule has 1 aromatic carbocycles. The molecule has 2 aliphatic heterocycles. The Morgan fingerprint density at radius 1 is 1.38 bits per heavy atom. The van der Waals surface area contributed by atoms with Crippen molar-refractivity contribution in [2.75, 3.05) is 25.0 Å². The van der Waals surface area contributed by atoms with Crippen LogP contribution in [-0.2, 0) is 4.79 Å². The lowest BCUT2D eigenvalue weighted by Crippen LogP contribution is -2.34. The average molecular weight is 288 g/mol. The molecule has 3 rings (SSSR count). The number of para-hydroxylation sites is 1. The van der Waals surface area contributed by atoms with E-state index >= 15 is 0 Å². The van der Waals surface area contributed by atoms with Gasteiger partial charge in [-0.05, 0) is 37.8 Å². The molecule has 0 bridgehead atoms. The minimum absolute atomic E-state index is 0.219. The third-order valence-corrected chi connectivity index (χ3v) is 4.78. The Morgan fingerprint density at radius 3 is 3.05 bits per heavy atom. The zero-order valence-electron chi connectivity index (χ0n) is 12.6. The molecular formula is C17H24N2O2. The lowest BCUT2D eigenvalue weighted by atomic mass is 9.97. The fourth-order valence-electron chi connectivity index (χ4n) is 3.39. The second-order valence-corrected chi connectivity index (χ2v) is 6.60. The van der Waals surface area contributed by atoms with Crippen molar-refractivity contribution in [2.45, 2.75) is 44.1 Å². The number of fused-ring (bicyclic) bond motifs is 1. The Balaban J connectivity index is 1.62. The van der Waals surface area contributed by atoms with Gasteiger partial charge in [-0.15, -0.1) is 0 Å². The summed E-state index contributed by atoms with van der Waals surface area (Å²) in [7, 11) is 0. The maximum absolute atomic E-state index is 12.5. The quantitative estimate of drug-likeness (QED) is 0.878. The number of amides is 1. The lowest BCUT2D eigenvalue weighted by Gasteiger charge is -2.23. The minimum Gasteiger partial charge on any atom is -0.390 e. The molecule has 1 aromatic rings. The zero-order valence-corrected chi connectivity index (χ0v) is 12.6. The third-order valence-electron chi connectivity index (χ3n) is 4.78. The van der Waals surface area contributed by atoms with Gasteiger partial charge >= 0.3 is 0 Å². The molecule has 2 unspecified atom stereocenters. The van der Waals surface area contributed by atoms with Crippen molar-refractivity contribution in [2.24, 2.45) is 0 Å². The number of anilines is 1. The molecule has 0 aromatic heterocycles. The summed E-state index contributed by atoms with van der Waals surface area (Å²) < 4.78 is 0. The van der Waals surface area contributed by atoms with Gasteiger partial charge in [0, 0.05) is 37.7 Å². The van der Waals surface area contributed by atoms with Crippen LogP contribution in [-0.4, -0.2) is 41.1 Å². The van der Waals surface area contributed by atoms with E-state index in [0.717, 1.165) is 31.6 Å². The van der Waals surface area contributed by atoms with Gasteiger partial charge in [0.1, 0.15) is 0 Å². The SMILES string of the molecule is CC1(O)CCCN(C(=O)CC2CNc3ccccc32)CC1. The highest BCUT2D eigenvalue weighted by Crippen LogP contribution is 2.34. The molecule has 0 saturated carbocycles. The first-order valence-corrected chi connectivity index (χ1v) is 7.88. The smallest absolute Gasteiger partial charge is 0.223 e. The summed E-state index contributed by atoms with van der Waals surface area (Å²) in [5.41, 5.74) is 1.80. The Kier molecular flexibility index (Phi) is 3.89. The molecule has 1 saturated heterocycles. The topological polar surface area (TPSA) is 52.6 Å². The molecule has 0 spiro atoms. The number of carbonyl (C=O) groups is 1. The molecule has 1 amide bonds. The number of hydrogen-bond donors (Lipinski definition) is 2. The van der Waals surface area contributed by atoms with E-state index < -0.39 is 5.60 Å². The van der Waals surface area contributed by atoms with Crippen molar-refractivity contribution in [3.63, 3.8) is 0 Å². The predicted octanol–water partition coefficient (Wildman–Crippen LogP) is 2.35. The zero-order chi connectivity index (χ0) is 14.9. The van der Waals surface area contributed by atoms with E-state index in [2.05, 4.69) is 17.4 Å². The molecule has 21 heavy (non-hydrogen) atoms. The number of nitrogens with zero attached hydrogens (tertiary/aromatic N) is 1. The normalized spacial score (nSPS) is 28.7. The number of aliphatic hydroxyl groups is 1. The molecular weight excluding hydrogens is 264 g/mol. The second kappa shape index (κ2) is 5.68. The Labute approximate surface area is 126 Å². The van der Waals surface area contributed by atoms with E-state index in [4.69, 9.17) is 0 Å². The van der Waals surface area contributed by atoms with Crippen molar-refractivity contribution < 1.29 is 9.90 Å². The van der Waals surface area contributed by atoms with Crippen LogP contribution in [0.1, 0.15) is 44.1 Å². The van der Waals surface area contributed by atoms with Crippen LogP contribution in [0, 0.1) is 0 Å². The first-order valence-electron chi connectivity index (χ1n) is 7.88. The van der Waals surface area contributed by atoms with Crippen molar-refractivity contribution in [1.29, 1.82) is 0 Å². The summed E-state index contributed by atoms with van der Waals surface area (Å²) in [5.74, 6) is 0.494. The van der Waals surface area contributed by atoms with Gasteiger partial charge in [-0.1, -0.05) is 18.2 Å². The first kappa shape index (κ1) is 14.4. The largest absolute Gasteiger partial charge is 0.390 e. The van der Waals surface area contributed by atoms with Crippen molar-refractivity contribution in [3.8, 4) is 0 Å². The van der Waals surface area contributed by atoms with Crippen molar-refractivity contribution in [3.05, 3.63) is 29.8 Å². The molecule has 0 radical (unpaired) electrons. The maximum Gasteiger partial charge on any atom is 0.223 e. The molecule has 2 N–H and O–H groups in total. The van der Waals surface area contributed by atoms with Gasteiger partial charge in [0.05, 0.1) is 5.60 Å². The third kappa shape index (κ3) is 3.21. The Morgan fingerprint density at radius 2 is 2.19 bits per heavy atom. The standard InChI is InChI=1S/C17H24N2O2/c1-17(21)7-4-9-19(10-8-17)16(20)11-13-12-18-15-6-3-2-5-14(13)15/h2-3,5-6,13,18,21H,4,7-12H2,1H3. The minimum atomic E-state index is -0.615. The number of nitrogens with one attached hydrogen (secondary N) is 1. The van der Waals surface area contributed by atoms with Crippen LogP contribution in [0.3, 0.4) is 0 Å². The van der Waals surface area contributed by atoms with E-state index in [-0.39, 0.29) is 11.8 Å². The number of carbonyl (C=O) groups excluding carboxylic acids is 1.